The average molecular weight is 470 g/mol. The number of halogens is 1. The van der Waals surface area contributed by atoms with E-state index >= 15 is 0 Å². The van der Waals surface area contributed by atoms with Crippen LogP contribution in [0.1, 0.15) is 32.6 Å². The number of thiophene rings is 1. The molecule has 2 aliphatic heterocycles. The normalized spacial score (nSPS) is 21.4. The lowest BCUT2D eigenvalue weighted by atomic mass is 10.1. The molecule has 0 saturated carbocycles. The van der Waals surface area contributed by atoms with Gasteiger partial charge in [0, 0.05) is 29.4 Å². The fraction of sp³-hybridized carbons (Fsp3) is 0.500. The van der Waals surface area contributed by atoms with E-state index in [0.717, 1.165) is 53.8 Å². The maximum absolute atomic E-state index is 12.9. The van der Waals surface area contributed by atoms with Crippen molar-refractivity contribution in [2.45, 2.75) is 48.9 Å². The van der Waals surface area contributed by atoms with Crippen molar-refractivity contribution in [2.24, 2.45) is 0 Å². The fourth-order valence-electron chi connectivity index (χ4n) is 4.08. The standard InChI is InChI=1S/C20H24ClN3O4S2/c1-13(19(25)23-8-3-2-4-9-23)24-10-7-16(20(24)26)22-30(27,28)18-12-14-11-15(21)5-6-17(14)29-18/h5-6,11-13,16,22H,2-4,7-10H2,1H3/t13-,16+/m1/s1. The van der Waals surface area contributed by atoms with Crippen LogP contribution < -0.4 is 4.72 Å². The van der Waals surface area contributed by atoms with E-state index in [1.54, 1.807) is 36.1 Å². The van der Waals surface area contributed by atoms with Gasteiger partial charge in [0.2, 0.25) is 11.8 Å². The Hall–Kier alpha value is -1.68. The van der Waals surface area contributed by atoms with Crippen LogP contribution >= 0.6 is 22.9 Å². The molecule has 2 fully saturated rings. The molecule has 30 heavy (non-hydrogen) atoms. The van der Waals surface area contributed by atoms with Gasteiger partial charge >= 0.3 is 0 Å². The molecular formula is C20H24ClN3O4S2. The highest BCUT2D eigenvalue weighted by Gasteiger charge is 2.40. The molecule has 2 atom stereocenters. The van der Waals surface area contributed by atoms with Crippen LogP contribution in [0.3, 0.4) is 0 Å². The minimum atomic E-state index is -3.86. The third-order valence-electron chi connectivity index (χ3n) is 5.75. The molecular weight excluding hydrogens is 446 g/mol. The molecule has 2 saturated heterocycles. The van der Waals surface area contributed by atoms with Crippen LogP contribution in [-0.4, -0.2) is 61.7 Å². The zero-order valence-electron chi connectivity index (χ0n) is 16.6. The fourth-order valence-corrected chi connectivity index (χ4v) is 6.87. The maximum Gasteiger partial charge on any atom is 0.250 e. The number of likely N-dealkylation sites (tertiary alicyclic amines) is 2. The summed E-state index contributed by atoms with van der Waals surface area (Å²) in [4.78, 5) is 28.9. The highest BCUT2D eigenvalue weighted by Crippen LogP contribution is 2.31. The molecule has 162 valence electrons. The molecule has 7 nitrogen and oxygen atoms in total. The van der Waals surface area contributed by atoms with Crippen LogP contribution in [0.25, 0.3) is 10.1 Å². The number of benzene rings is 1. The first-order valence-electron chi connectivity index (χ1n) is 10.1. The number of sulfonamides is 1. The summed E-state index contributed by atoms with van der Waals surface area (Å²) in [5, 5.41) is 1.28. The Morgan fingerprint density at radius 1 is 1.20 bits per heavy atom. The Morgan fingerprint density at radius 2 is 1.93 bits per heavy atom. The van der Waals surface area contributed by atoms with Crippen molar-refractivity contribution in [3.05, 3.63) is 29.3 Å². The summed E-state index contributed by atoms with van der Waals surface area (Å²) in [6.45, 7) is 3.52. The molecule has 4 rings (SSSR count). The zero-order chi connectivity index (χ0) is 21.5. The summed E-state index contributed by atoms with van der Waals surface area (Å²) in [5.74, 6) is -0.409. The largest absolute Gasteiger partial charge is 0.341 e. The molecule has 10 heteroatoms. The van der Waals surface area contributed by atoms with E-state index in [9.17, 15) is 18.0 Å². The van der Waals surface area contributed by atoms with E-state index in [1.165, 1.54) is 4.90 Å². The molecule has 0 bridgehead atoms. The Labute approximate surface area is 185 Å². The van der Waals surface area contributed by atoms with Gasteiger partial charge < -0.3 is 9.80 Å². The lowest BCUT2D eigenvalue weighted by molar-refractivity contribution is -0.143. The van der Waals surface area contributed by atoms with Crippen molar-refractivity contribution in [1.82, 2.24) is 14.5 Å². The molecule has 1 aromatic carbocycles. The Bertz CT molecular complexity index is 1080. The summed E-state index contributed by atoms with van der Waals surface area (Å²) in [6.07, 6.45) is 3.42. The van der Waals surface area contributed by atoms with Gasteiger partial charge in [-0.2, -0.15) is 4.72 Å². The number of hydrogen-bond acceptors (Lipinski definition) is 5. The maximum atomic E-state index is 12.9. The predicted molar refractivity (Wildman–Crippen MR) is 117 cm³/mol. The lowest BCUT2D eigenvalue weighted by Gasteiger charge is -2.32. The smallest absolute Gasteiger partial charge is 0.250 e. The number of fused-ring (bicyclic) bond motifs is 1. The van der Waals surface area contributed by atoms with Crippen LogP contribution in [-0.2, 0) is 19.6 Å². The summed E-state index contributed by atoms with van der Waals surface area (Å²) in [7, 11) is -3.86. The highest BCUT2D eigenvalue weighted by molar-refractivity contribution is 7.91. The molecule has 1 aromatic heterocycles. The second kappa shape index (κ2) is 8.45. The molecule has 0 radical (unpaired) electrons. The monoisotopic (exact) mass is 469 g/mol. The predicted octanol–water partition coefficient (Wildman–Crippen LogP) is 2.83. The zero-order valence-corrected chi connectivity index (χ0v) is 19.0. The number of hydrogen-bond donors (Lipinski definition) is 1. The van der Waals surface area contributed by atoms with Crippen LogP contribution in [0.2, 0.25) is 5.02 Å². The molecule has 3 heterocycles. The number of piperidine rings is 1. The van der Waals surface area contributed by atoms with Crippen LogP contribution in [0, 0.1) is 0 Å². The van der Waals surface area contributed by atoms with Gasteiger partial charge in [-0.3, -0.25) is 9.59 Å². The van der Waals surface area contributed by atoms with E-state index < -0.39 is 22.1 Å². The number of nitrogens with one attached hydrogen (secondary N) is 1. The summed E-state index contributed by atoms with van der Waals surface area (Å²) in [5.41, 5.74) is 0. The van der Waals surface area contributed by atoms with Gasteiger partial charge in [0.25, 0.3) is 10.0 Å². The Morgan fingerprint density at radius 3 is 2.67 bits per heavy atom. The van der Waals surface area contributed by atoms with Gasteiger partial charge in [0.05, 0.1) is 0 Å². The second-order valence-corrected chi connectivity index (χ2v) is 11.3. The summed E-state index contributed by atoms with van der Waals surface area (Å²) >= 11 is 7.12. The Kier molecular flexibility index (Phi) is 6.07. The van der Waals surface area contributed by atoms with Gasteiger partial charge in [0.15, 0.2) is 0 Å². The van der Waals surface area contributed by atoms with Gasteiger partial charge in [-0.05, 0) is 62.3 Å². The number of carbonyl (C=O) groups is 2. The van der Waals surface area contributed by atoms with Crippen molar-refractivity contribution >= 4 is 54.9 Å². The third kappa shape index (κ3) is 4.21. The number of carbonyl (C=O) groups excluding carboxylic acids is 2. The van der Waals surface area contributed by atoms with Crippen LogP contribution in [0.5, 0.6) is 0 Å². The number of amides is 2. The van der Waals surface area contributed by atoms with Crippen LogP contribution in [0.4, 0.5) is 0 Å². The van der Waals surface area contributed by atoms with Crippen molar-refractivity contribution in [2.75, 3.05) is 19.6 Å². The molecule has 0 unspecified atom stereocenters. The van der Waals surface area contributed by atoms with Crippen molar-refractivity contribution < 1.29 is 18.0 Å². The van der Waals surface area contributed by atoms with Gasteiger partial charge in [-0.25, -0.2) is 8.42 Å². The molecule has 1 N–H and O–H groups in total. The minimum Gasteiger partial charge on any atom is -0.341 e. The number of rotatable bonds is 5. The minimum absolute atomic E-state index is 0.0621. The highest BCUT2D eigenvalue weighted by atomic mass is 35.5. The van der Waals surface area contributed by atoms with E-state index in [-0.39, 0.29) is 16.0 Å². The lowest BCUT2D eigenvalue weighted by Crippen LogP contribution is -2.51. The average Bonchev–Trinajstić information content (AvgIpc) is 3.31. The second-order valence-electron chi connectivity index (χ2n) is 7.80. The molecule has 2 amide bonds. The quantitative estimate of drug-likeness (QED) is 0.729. The van der Waals surface area contributed by atoms with Crippen molar-refractivity contribution in [3.63, 3.8) is 0 Å². The third-order valence-corrected chi connectivity index (χ3v) is 9.05. The first kappa shape index (κ1) is 21.5. The SMILES string of the molecule is C[C@H](C(=O)N1CCCCC1)N1CC[C@H](NS(=O)(=O)c2cc3cc(Cl)ccc3s2)C1=O. The number of nitrogens with zero attached hydrogens (tertiary/aromatic N) is 2. The van der Waals surface area contributed by atoms with Crippen molar-refractivity contribution in [3.8, 4) is 0 Å². The molecule has 2 aliphatic rings. The van der Waals surface area contributed by atoms with Gasteiger partial charge in [0.1, 0.15) is 16.3 Å². The molecule has 0 spiro atoms. The van der Waals surface area contributed by atoms with E-state index in [0.29, 0.717) is 18.0 Å². The van der Waals surface area contributed by atoms with Gasteiger partial charge in [-0.15, -0.1) is 11.3 Å². The first-order valence-corrected chi connectivity index (χ1v) is 12.7. The van der Waals surface area contributed by atoms with Gasteiger partial charge in [-0.1, -0.05) is 11.6 Å². The van der Waals surface area contributed by atoms with Crippen molar-refractivity contribution in [1.29, 1.82) is 0 Å². The topological polar surface area (TPSA) is 86.8 Å². The summed E-state index contributed by atoms with van der Waals surface area (Å²) < 4.78 is 29.2. The van der Waals surface area contributed by atoms with E-state index in [1.807, 2.05) is 0 Å². The Balaban J connectivity index is 1.45. The van der Waals surface area contributed by atoms with Crippen LogP contribution in [0.15, 0.2) is 28.5 Å². The molecule has 0 aliphatic carbocycles. The summed E-state index contributed by atoms with van der Waals surface area (Å²) in [6, 6.07) is 5.31. The van der Waals surface area contributed by atoms with E-state index in [2.05, 4.69) is 4.72 Å². The van der Waals surface area contributed by atoms with E-state index in [4.69, 9.17) is 11.6 Å². The first-order chi connectivity index (χ1) is 14.3. The molecule has 2 aromatic rings.